The number of aryl methyl sites for hydroxylation is 1. The lowest BCUT2D eigenvalue weighted by molar-refractivity contribution is 0.516. The maximum Gasteiger partial charge on any atom is 0.00944 e. The van der Waals surface area contributed by atoms with Crippen molar-refractivity contribution < 1.29 is 0 Å². The van der Waals surface area contributed by atoms with Crippen LogP contribution in [0.5, 0.6) is 0 Å². The number of hydrogen-bond donors (Lipinski definition) is 1. The Morgan fingerprint density at radius 2 is 1.76 bits per heavy atom. The van der Waals surface area contributed by atoms with Crippen LogP contribution >= 0.6 is 11.8 Å². The summed E-state index contributed by atoms with van der Waals surface area (Å²) in [6, 6.07) is 9.10. The van der Waals surface area contributed by atoms with Crippen molar-refractivity contribution in [3.8, 4) is 0 Å². The van der Waals surface area contributed by atoms with Crippen molar-refractivity contribution in [2.24, 2.45) is 5.73 Å². The number of nitrogens with two attached hydrogens (primary N) is 1. The highest BCUT2D eigenvalue weighted by Crippen LogP contribution is 2.33. The molecule has 0 radical (unpaired) electrons. The fourth-order valence-electron chi connectivity index (χ4n) is 2.42. The highest BCUT2D eigenvalue weighted by Gasteiger charge is 2.14. The van der Waals surface area contributed by atoms with Gasteiger partial charge < -0.3 is 5.73 Å². The molecule has 1 aliphatic carbocycles. The Balaban J connectivity index is 1.84. The van der Waals surface area contributed by atoms with Gasteiger partial charge in [-0.2, -0.15) is 0 Å². The molecule has 1 aliphatic rings. The van der Waals surface area contributed by atoms with E-state index in [1.165, 1.54) is 42.6 Å². The Hall–Kier alpha value is -0.470. The third kappa shape index (κ3) is 4.36. The van der Waals surface area contributed by atoms with Gasteiger partial charge in [0.05, 0.1) is 0 Å². The molecular formula is C15H23NS. The van der Waals surface area contributed by atoms with E-state index in [2.05, 4.69) is 36.0 Å². The maximum absolute atomic E-state index is 5.53. The van der Waals surface area contributed by atoms with Crippen LogP contribution in [0.3, 0.4) is 0 Å². The first-order valence-corrected chi connectivity index (χ1v) is 7.72. The monoisotopic (exact) mass is 249 g/mol. The van der Waals surface area contributed by atoms with E-state index in [1.54, 1.807) is 0 Å². The molecule has 1 fully saturated rings. The van der Waals surface area contributed by atoms with Crippen LogP contribution in [0.25, 0.3) is 0 Å². The fraction of sp³-hybridized carbons (Fsp3) is 0.600. The quantitative estimate of drug-likeness (QED) is 0.853. The zero-order valence-corrected chi connectivity index (χ0v) is 11.3. The average molecular weight is 249 g/mol. The molecule has 1 saturated carbocycles. The van der Waals surface area contributed by atoms with Crippen molar-refractivity contribution in [2.45, 2.75) is 55.1 Å². The first-order chi connectivity index (χ1) is 8.38. The molecule has 1 nitrogen and oxygen atoms in total. The topological polar surface area (TPSA) is 26.0 Å². The summed E-state index contributed by atoms with van der Waals surface area (Å²) in [5.41, 5.74) is 6.95. The number of benzene rings is 1. The van der Waals surface area contributed by atoms with Crippen LogP contribution in [0.4, 0.5) is 0 Å². The lowest BCUT2D eigenvalue weighted by Gasteiger charge is -2.20. The molecule has 0 aromatic heterocycles. The second kappa shape index (κ2) is 7.07. The molecule has 0 bridgehead atoms. The van der Waals surface area contributed by atoms with Crippen LogP contribution in [0.1, 0.15) is 44.1 Å². The second-order valence-electron chi connectivity index (χ2n) is 4.91. The molecule has 17 heavy (non-hydrogen) atoms. The van der Waals surface area contributed by atoms with Crippen molar-refractivity contribution in [3.63, 3.8) is 0 Å². The Morgan fingerprint density at radius 1 is 1.06 bits per heavy atom. The van der Waals surface area contributed by atoms with E-state index < -0.39 is 0 Å². The third-order valence-electron chi connectivity index (χ3n) is 3.45. The van der Waals surface area contributed by atoms with Crippen molar-refractivity contribution in [1.29, 1.82) is 0 Å². The van der Waals surface area contributed by atoms with Crippen LogP contribution in [-0.2, 0) is 6.42 Å². The summed E-state index contributed by atoms with van der Waals surface area (Å²) in [6.45, 7) is 0.790. The van der Waals surface area contributed by atoms with Gasteiger partial charge in [0.15, 0.2) is 0 Å². The molecule has 1 aromatic rings. The Morgan fingerprint density at radius 3 is 2.41 bits per heavy atom. The molecule has 0 atom stereocenters. The highest BCUT2D eigenvalue weighted by atomic mass is 32.2. The van der Waals surface area contributed by atoms with E-state index >= 15 is 0 Å². The predicted molar refractivity (Wildman–Crippen MR) is 76.5 cm³/mol. The van der Waals surface area contributed by atoms with Crippen LogP contribution < -0.4 is 5.73 Å². The largest absolute Gasteiger partial charge is 0.330 e. The SMILES string of the molecule is NCCCc1ccc(SC2CCCCC2)cc1. The second-order valence-corrected chi connectivity index (χ2v) is 6.29. The predicted octanol–water partition coefficient (Wildman–Crippen LogP) is 4.00. The van der Waals surface area contributed by atoms with Gasteiger partial charge in [-0.25, -0.2) is 0 Å². The minimum absolute atomic E-state index is 0.790. The van der Waals surface area contributed by atoms with Gasteiger partial charge in [0.2, 0.25) is 0 Å². The van der Waals surface area contributed by atoms with E-state index in [1.807, 2.05) is 0 Å². The van der Waals surface area contributed by atoms with Gasteiger partial charge in [-0.3, -0.25) is 0 Å². The van der Waals surface area contributed by atoms with Crippen LogP contribution in [-0.4, -0.2) is 11.8 Å². The van der Waals surface area contributed by atoms with E-state index in [0.717, 1.165) is 24.6 Å². The van der Waals surface area contributed by atoms with E-state index in [0.29, 0.717) is 0 Å². The molecule has 0 heterocycles. The van der Waals surface area contributed by atoms with Crippen LogP contribution in [0.15, 0.2) is 29.2 Å². The van der Waals surface area contributed by atoms with Gasteiger partial charge in [-0.1, -0.05) is 31.4 Å². The first-order valence-electron chi connectivity index (χ1n) is 6.84. The van der Waals surface area contributed by atoms with Gasteiger partial charge in [0.1, 0.15) is 0 Å². The van der Waals surface area contributed by atoms with Crippen molar-refractivity contribution >= 4 is 11.8 Å². The molecule has 0 spiro atoms. The Labute approximate surface area is 109 Å². The molecule has 1 aromatic carbocycles. The van der Waals surface area contributed by atoms with E-state index in [9.17, 15) is 0 Å². The van der Waals surface area contributed by atoms with Crippen LogP contribution in [0.2, 0.25) is 0 Å². The average Bonchev–Trinajstić information content (AvgIpc) is 2.39. The molecule has 2 N–H and O–H groups in total. The summed E-state index contributed by atoms with van der Waals surface area (Å²) in [4.78, 5) is 1.44. The lowest BCUT2D eigenvalue weighted by Crippen LogP contribution is -2.07. The minimum atomic E-state index is 0.790. The molecule has 2 rings (SSSR count). The van der Waals surface area contributed by atoms with Gasteiger partial charge in [-0.05, 0) is 49.9 Å². The number of hydrogen-bond acceptors (Lipinski definition) is 2. The summed E-state index contributed by atoms with van der Waals surface area (Å²) in [5.74, 6) is 0. The number of thioether (sulfide) groups is 1. The standard InChI is InChI=1S/C15H23NS/c16-12-4-5-13-8-10-15(11-9-13)17-14-6-2-1-3-7-14/h8-11,14H,1-7,12,16H2. The minimum Gasteiger partial charge on any atom is -0.330 e. The smallest absolute Gasteiger partial charge is 0.00944 e. The summed E-state index contributed by atoms with van der Waals surface area (Å²) in [6.07, 6.45) is 9.30. The number of rotatable bonds is 5. The summed E-state index contributed by atoms with van der Waals surface area (Å²) >= 11 is 2.07. The van der Waals surface area contributed by atoms with Crippen molar-refractivity contribution in [2.75, 3.05) is 6.54 Å². The van der Waals surface area contributed by atoms with Crippen molar-refractivity contribution in [1.82, 2.24) is 0 Å². The van der Waals surface area contributed by atoms with E-state index in [-0.39, 0.29) is 0 Å². The van der Waals surface area contributed by atoms with Gasteiger partial charge >= 0.3 is 0 Å². The fourth-order valence-corrected chi connectivity index (χ4v) is 3.66. The molecule has 0 unspecified atom stereocenters. The molecular weight excluding hydrogens is 226 g/mol. The highest BCUT2D eigenvalue weighted by molar-refractivity contribution is 8.00. The van der Waals surface area contributed by atoms with Crippen molar-refractivity contribution in [3.05, 3.63) is 29.8 Å². The van der Waals surface area contributed by atoms with Gasteiger partial charge in [-0.15, -0.1) is 11.8 Å². The molecule has 2 heteroatoms. The molecule has 0 amide bonds. The third-order valence-corrected chi connectivity index (χ3v) is 4.80. The van der Waals surface area contributed by atoms with Gasteiger partial charge in [0, 0.05) is 10.1 Å². The maximum atomic E-state index is 5.53. The summed E-state index contributed by atoms with van der Waals surface area (Å²) in [7, 11) is 0. The summed E-state index contributed by atoms with van der Waals surface area (Å²) in [5, 5.41) is 0.860. The summed E-state index contributed by atoms with van der Waals surface area (Å²) < 4.78 is 0. The Kier molecular flexibility index (Phi) is 5.40. The molecule has 0 saturated heterocycles. The molecule has 0 aliphatic heterocycles. The first kappa shape index (κ1) is 13.0. The lowest BCUT2D eigenvalue weighted by atomic mass is 10.0. The van der Waals surface area contributed by atoms with Gasteiger partial charge in [0.25, 0.3) is 0 Å². The Bertz CT molecular complexity index is 314. The molecule has 94 valence electrons. The zero-order chi connectivity index (χ0) is 11.9. The van der Waals surface area contributed by atoms with E-state index in [4.69, 9.17) is 5.73 Å². The van der Waals surface area contributed by atoms with Crippen LogP contribution in [0, 0.1) is 0 Å². The zero-order valence-electron chi connectivity index (χ0n) is 10.5. The normalized spacial score (nSPS) is 17.2.